The molecule has 4 rings (SSSR count). The van der Waals surface area contributed by atoms with Crippen LogP contribution in [-0.4, -0.2) is 5.11 Å². The molecule has 3 aliphatic carbocycles. The molecule has 1 aromatic carbocycles. The molecule has 0 saturated heterocycles. The van der Waals surface area contributed by atoms with Crippen molar-refractivity contribution < 1.29 is 5.11 Å². The molecule has 2 unspecified atom stereocenters. The highest BCUT2D eigenvalue weighted by atomic mass is 16.3. The molecule has 1 nitrogen and oxygen atoms in total. The number of hydrogen-bond donors (Lipinski definition) is 1. The van der Waals surface area contributed by atoms with E-state index in [1.165, 1.54) is 16.7 Å². The van der Waals surface area contributed by atoms with Gasteiger partial charge in [-0.2, -0.15) is 0 Å². The maximum absolute atomic E-state index is 9.97. The Hall–Kier alpha value is -2.02. The smallest absolute Gasteiger partial charge is 0.123 e. The van der Waals surface area contributed by atoms with Crippen molar-refractivity contribution in [1.82, 2.24) is 0 Å². The van der Waals surface area contributed by atoms with Crippen molar-refractivity contribution in [3.05, 3.63) is 64.8 Å². The SMILES string of the molecule is Oc1ccc2c3c1C=CC1C=CC=C(C=C2)C31. The summed E-state index contributed by atoms with van der Waals surface area (Å²) in [6.45, 7) is 0. The third kappa shape index (κ3) is 1.09. The Kier molecular flexibility index (Phi) is 1.60. The highest BCUT2D eigenvalue weighted by Crippen LogP contribution is 2.48. The summed E-state index contributed by atoms with van der Waals surface area (Å²) in [5.41, 5.74) is 4.87. The van der Waals surface area contributed by atoms with Crippen molar-refractivity contribution in [3.63, 3.8) is 0 Å². The number of aromatic hydroxyl groups is 1. The van der Waals surface area contributed by atoms with E-state index < -0.39 is 0 Å². The summed E-state index contributed by atoms with van der Waals surface area (Å²) < 4.78 is 0. The minimum Gasteiger partial charge on any atom is -0.507 e. The average molecular weight is 220 g/mol. The summed E-state index contributed by atoms with van der Waals surface area (Å²) in [7, 11) is 0. The van der Waals surface area contributed by atoms with Crippen LogP contribution in [0.3, 0.4) is 0 Å². The molecule has 0 fully saturated rings. The van der Waals surface area contributed by atoms with Gasteiger partial charge in [-0.1, -0.05) is 48.6 Å². The molecule has 3 aliphatic rings. The first-order valence-electron chi connectivity index (χ1n) is 5.95. The van der Waals surface area contributed by atoms with Crippen molar-refractivity contribution in [3.8, 4) is 5.75 Å². The molecule has 0 spiro atoms. The van der Waals surface area contributed by atoms with Crippen LogP contribution in [0.2, 0.25) is 0 Å². The van der Waals surface area contributed by atoms with Gasteiger partial charge in [-0.25, -0.2) is 0 Å². The fourth-order valence-corrected chi connectivity index (χ4v) is 3.13. The lowest BCUT2D eigenvalue weighted by Gasteiger charge is -2.35. The number of phenols is 1. The van der Waals surface area contributed by atoms with Gasteiger partial charge in [0.25, 0.3) is 0 Å². The summed E-state index contributed by atoms with van der Waals surface area (Å²) in [4.78, 5) is 0. The summed E-state index contributed by atoms with van der Waals surface area (Å²) >= 11 is 0. The Morgan fingerprint density at radius 1 is 1.00 bits per heavy atom. The third-order valence-electron chi connectivity index (χ3n) is 3.92. The van der Waals surface area contributed by atoms with Gasteiger partial charge in [0.1, 0.15) is 5.75 Å². The summed E-state index contributed by atoms with van der Waals surface area (Å²) in [5, 5.41) is 9.97. The third-order valence-corrected chi connectivity index (χ3v) is 3.92. The molecule has 2 atom stereocenters. The summed E-state index contributed by atoms with van der Waals surface area (Å²) in [5.74, 6) is 1.22. The van der Waals surface area contributed by atoms with Crippen molar-refractivity contribution in [2.24, 2.45) is 5.92 Å². The lowest BCUT2D eigenvalue weighted by molar-refractivity contribution is 0.471. The number of hydrogen-bond acceptors (Lipinski definition) is 1. The van der Waals surface area contributed by atoms with E-state index in [-0.39, 0.29) is 0 Å². The predicted molar refractivity (Wildman–Crippen MR) is 69.6 cm³/mol. The van der Waals surface area contributed by atoms with Crippen LogP contribution in [0, 0.1) is 5.92 Å². The van der Waals surface area contributed by atoms with Crippen LogP contribution in [-0.2, 0) is 0 Å². The van der Waals surface area contributed by atoms with Crippen molar-refractivity contribution in [1.29, 1.82) is 0 Å². The van der Waals surface area contributed by atoms with E-state index in [1.54, 1.807) is 6.07 Å². The van der Waals surface area contributed by atoms with Crippen molar-refractivity contribution in [2.45, 2.75) is 5.92 Å². The van der Waals surface area contributed by atoms with Gasteiger partial charge < -0.3 is 5.11 Å². The standard InChI is InChI=1S/C16H12O/c17-14-9-7-12-5-4-10-2-1-3-11-6-8-13(14)16(12)15(10)11/h1-9,11,15,17H. The Bertz CT molecular complexity index is 629. The van der Waals surface area contributed by atoms with Crippen LogP contribution in [0.4, 0.5) is 0 Å². The highest BCUT2D eigenvalue weighted by molar-refractivity contribution is 5.77. The van der Waals surface area contributed by atoms with Crippen LogP contribution in [0.25, 0.3) is 12.2 Å². The number of benzene rings is 1. The maximum atomic E-state index is 9.97. The van der Waals surface area contributed by atoms with Crippen LogP contribution >= 0.6 is 0 Å². The van der Waals surface area contributed by atoms with Gasteiger partial charge in [-0.15, -0.1) is 0 Å². The second-order valence-electron chi connectivity index (χ2n) is 4.80. The number of allylic oxidation sites excluding steroid dienone is 6. The van der Waals surface area contributed by atoms with Gasteiger partial charge in [0.2, 0.25) is 0 Å². The Morgan fingerprint density at radius 3 is 2.88 bits per heavy atom. The lowest BCUT2D eigenvalue weighted by Crippen LogP contribution is -2.20. The minimum atomic E-state index is 0.391. The Labute approximate surface area is 100 Å². The van der Waals surface area contributed by atoms with Gasteiger partial charge in [-0.05, 0) is 22.8 Å². The largest absolute Gasteiger partial charge is 0.507 e. The topological polar surface area (TPSA) is 20.2 Å². The van der Waals surface area contributed by atoms with Gasteiger partial charge in [0, 0.05) is 17.4 Å². The molecule has 0 heterocycles. The first-order chi connectivity index (χ1) is 8.34. The molecule has 0 aromatic heterocycles. The maximum Gasteiger partial charge on any atom is 0.123 e. The van der Waals surface area contributed by atoms with Gasteiger partial charge in [0.15, 0.2) is 0 Å². The summed E-state index contributed by atoms with van der Waals surface area (Å²) in [6.07, 6.45) is 15.1. The quantitative estimate of drug-likeness (QED) is 0.707. The average Bonchev–Trinajstić information content (AvgIpc) is 2.38. The first kappa shape index (κ1) is 9.06. The first-order valence-corrected chi connectivity index (χ1v) is 5.95. The fraction of sp³-hybridized carbons (Fsp3) is 0.125. The monoisotopic (exact) mass is 220 g/mol. The summed E-state index contributed by atoms with van der Waals surface area (Å²) in [6, 6.07) is 3.80. The second-order valence-corrected chi connectivity index (χ2v) is 4.80. The van der Waals surface area contributed by atoms with Gasteiger partial charge in [0.05, 0.1) is 0 Å². The van der Waals surface area contributed by atoms with Crippen LogP contribution in [0.5, 0.6) is 5.75 Å². The van der Waals surface area contributed by atoms with Gasteiger partial charge >= 0.3 is 0 Å². The molecule has 1 N–H and O–H groups in total. The van der Waals surface area contributed by atoms with Gasteiger partial charge in [-0.3, -0.25) is 0 Å². The lowest BCUT2D eigenvalue weighted by atomic mass is 9.69. The number of phenolic OH excluding ortho intramolecular Hbond substituents is 1. The zero-order chi connectivity index (χ0) is 11.4. The second kappa shape index (κ2) is 3.01. The van der Waals surface area contributed by atoms with E-state index in [0.717, 1.165) is 5.56 Å². The molecule has 0 bridgehead atoms. The molecule has 17 heavy (non-hydrogen) atoms. The normalized spacial score (nSPS) is 26.7. The molecule has 82 valence electrons. The fourth-order valence-electron chi connectivity index (χ4n) is 3.13. The van der Waals surface area contributed by atoms with Crippen molar-refractivity contribution in [2.75, 3.05) is 0 Å². The van der Waals surface area contributed by atoms with E-state index in [0.29, 0.717) is 17.6 Å². The minimum absolute atomic E-state index is 0.391. The number of rotatable bonds is 0. The molecule has 0 radical (unpaired) electrons. The molecule has 0 aliphatic heterocycles. The van der Waals surface area contributed by atoms with E-state index in [9.17, 15) is 5.11 Å². The Balaban J connectivity index is 2.09. The van der Waals surface area contributed by atoms with Crippen LogP contribution < -0.4 is 0 Å². The Morgan fingerprint density at radius 2 is 1.94 bits per heavy atom. The zero-order valence-corrected chi connectivity index (χ0v) is 9.30. The van der Waals surface area contributed by atoms with E-state index in [1.807, 2.05) is 6.07 Å². The molecular formula is C16H12O. The predicted octanol–water partition coefficient (Wildman–Crippen LogP) is 3.64. The molecule has 1 aromatic rings. The van der Waals surface area contributed by atoms with E-state index >= 15 is 0 Å². The van der Waals surface area contributed by atoms with Crippen LogP contribution in [0.1, 0.15) is 22.6 Å². The highest BCUT2D eigenvalue weighted by Gasteiger charge is 2.32. The van der Waals surface area contributed by atoms with Crippen LogP contribution in [0.15, 0.2) is 48.1 Å². The van der Waals surface area contributed by atoms with Crippen molar-refractivity contribution >= 4 is 12.2 Å². The van der Waals surface area contributed by atoms with E-state index in [4.69, 9.17) is 0 Å². The molecule has 1 heteroatoms. The molecule has 0 saturated carbocycles. The zero-order valence-electron chi connectivity index (χ0n) is 9.30. The molecular weight excluding hydrogens is 208 g/mol. The van der Waals surface area contributed by atoms with E-state index in [2.05, 4.69) is 42.5 Å². The molecule has 0 amide bonds.